The van der Waals surface area contributed by atoms with Crippen LogP contribution >= 0.6 is 0 Å². The standard InChI is InChI=1S/C11H14F3NO/c12-11(13,14)10-5-2-1-4-9(10)8-15-6-3-7-16/h1-2,4-5,15-16H,3,6-8H2. The molecule has 90 valence electrons. The van der Waals surface area contributed by atoms with E-state index in [0.717, 1.165) is 6.07 Å². The van der Waals surface area contributed by atoms with Crippen molar-refractivity contribution in [2.24, 2.45) is 0 Å². The second-order valence-corrected chi connectivity index (χ2v) is 3.41. The van der Waals surface area contributed by atoms with Crippen molar-refractivity contribution in [2.45, 2.75) is 19.1 Å². The molecule has 0 radical (unpaired) electrons. The van der Waals surface area contributed by atoms with E-state index in [4.69, 9.17) is 5.11 Å². The fourth-order valence-corrected chi connectivity index (χ4v) is 1.38. The van der Waals surface area contributed by atoms with Gasteiger partial charge in [-0.2, -0.15) is 13.2 Å². The lowest BCUT2D eigenvalue weighted by molar-refractivity contribution is -0.138. The Labute approximate surface area is 92.1 Å². The van der Waals surface area contributed by atoms with E-state index in [9.17, 15) is 13.2 Å². The zero-order chi connectivity index (χ0) is 12.0. The van der Waals surface area contributed by atoms with Gasteiger partial charge in [-0.05, 0) is 24.6 Å². The largest absolute Gasteiger partial charge is 0.416 e. The Bertz CT molecular complexity index is 325. The van der Waals surface area contributed by atoms with Gasteiger partial charge in [-0.15, -0.1) is 0 Å². The fraction of sp³-hybridized carbons (Fsp3) is 0.455. The number of alkyl halides is 3. The third kappa shape index (κ3) is 3.83. The summed E-state index contributed by atoms with van der Waals surface area (Å²) in [5.74, 6) is 0. The van der Waals surface area contributed by atoms with Crippen molar-refractivity contribution in [1.29, 1.82) is 0 Å². The predicted octanol–water partition coefficient (Wildman–Crippen LogP) is 2.18. The molecule has 0 aliphatic heterocycles. The van der Waals surface area contributed by atoms with Crippen LogP contribution in [0.3, 0.4) is 0 Å². The molecule has 0 atom stereocenters. The second-order valence-electron chi connectivity index (χ2n) is 3.41. The van der Waals surface area contributed by atoms with Gasteiger partial charge >= 0.3 is 6.18 Å². The summed E-state index contributed by atoms with van der Waals surface area (Å²) < 4.78 is 37.7. The van der Waals surface area contributed by atoms with Crippen molar-refractivity contribution in [2.75, 3.05) is 13.2 Å². The molecule has 5 heteroatoms. The predicted molar refractivity (Wildman–Crippen MR) is 54.9 cm³/mol. The third-order valence-corrected chi connectivity index (χ3v) is 2.15. The normalized spacial score (nSPS) is 11.8. The van der Waals surface area contributed by atoms with Crippen LogP contribution in [0.15, 0.2) is 24.3 Å². The van der Waals surface area contributed by atoms with Gasteiger partial charge in [0.1, 0.15) is 0 Å². The van der Waals surface area contributed by atoms with Crippen LogP contribution in [0, 0.1) is 0 Å². The summed E-state index contributed by atoms with van der Waals surface area (Å²) in [5.41, 5.74) is -0.376. The van der Waals surface area contributed by atoms with Gasteiger partial charge in [0.25, 0.3) is 0 Å². The number of hydrogen-bond donors (Lipinski definition) is 2. The number of aliphatic hydroxyl groups excluding tert-OH is 1. The summed E-state index contributed by atoms with van der Waals surface area (Å²) in [6.45, 7) is 0.701. The van der Waals surface area contributed by atoms with Crippen LogP contribution in [-0.2, 0) is 12.7 Å². The van der Waals surface area contributed by atoms with E-state index in [1.54, 1.807) is 6.07 Å². The Morgan fingerprint density at radius 3 is 2.50 bits per heavy atom. The quantitative estimate of drug-likeness (QED) is 0.764. The molecular weight excluding hydrogens is 219 g/mol. The molecule has 0 aromatic heterocycles. The highest BCUT2D eigenvalue weighted by Gasteiger charge is 2.32. The maximum Gasteiger partial charge on any atom is 0.416 e. The minimum atomic E-state index is -4.31. The van der Waals surface area contributed by atoms with E-state index in [0.29, 0.717) is 13.0 Å². The number of hydrogen-bond acceptors (Lipinski definition) is 2. The van der Waals surface area contributed by atoms with E-state index < -0.39 is 11.7 Å². The van der Waals surface area contributed by atoms with Crippen LogP contribution in [0.5, 0.6) is 0 Å². The highest BCUT2D eigenvalue weighted by molar-refractivity contribution is 5.29. The number of benzene rings is 1. The maximum atomic E-state index is 12.6. The maximum absolute atomic E-state index is 12.6. The molecule has 1 rings (SSSR count). The van der Waals surface area contributed by atoms with E-state index in [1.807, 2.05) is 0 Å². The summed E-state index contributed by atoms with van der Waals surface area (Å²) in [7, 11) is 0. The fourth-order valence-electron chi connectivity index (χ4n) is 1.38. The summed E-state index contributed by atoms with van der Waals surface area (Å²) >= 11 is 0. The van der Waals surface area contributed by atoms with E-state index in [2.05, 4.69) is 5.32 Å². The summed E-state index contributed by atoms with van der Waals surface area (Å²) in [6, 6.07) is 5.48. The molecule has 0 heterocycles. The van der Waals surface area contributed by atoms with Crippen LogP contribution in [0.2, 0.25) is 0 Å². The molecule has 0 saturated heterocycles. The van der Waals surface area contributed by atoms with E-state index in [1.165, 1.54) is 12.1 Å². The average molecular weight is 233 g/mol. The molecule has 0 aliphatic carbocycles. The molecular formula is C11H14F3NO. The molecule has 0 unspecified atom stereocenters. The Morgan fingerprint density at radius 2 is 1.88 bits per heavy atom. The first-order valence-corrected chi connectivity index (χ1v) is 5.02. The van der Waals surface area contributed by atoms with Crippen LogP contribution in [0.25, 0.3) is 0 Å². The van der Waals surface area contributed by atoms with Gasteiger partial charge in [0.2, 0.25) is 0 Å². The number of halogens is 3. The zero-order valence-corrected chi connectivity index (χ0v) is 8.72. The first-order valence-electron chi connectivity index (χ1n) is 5.02. The lowest BCUT2D eigenvalue weighted by Gasteiger charge is -2.12. The summed E-state index contributed by atoms with van der Waals surface area (Å²) in [6.07, 6.45) is -3.77. The third-order valence-electron chi connectivity index (χ3n) is 2.15. The monoisotopic (exact) mass is 233 g/mol. The van der Waals surface area contributed by atoms with Crippen LogP contribution in [0.1, 0.15) is 17.5 Å². The van der Waals surface area contributed by atoms with Crippen molar-refractivity contribution in [3.05, 3.63) is 35.4 Å². The highest BCUT2D eigenvalue weighted by Crippen LogP contribution is 2.31. The average Bonchev–Trinajstić information content (AvgIpc) is 2.24. The molecule has 0 spiro atoms. The molecule has 0 saturated carbocycles. The van der Waals surface area contributed by atoms with Gasteiger partial charge in [0, 0.05) is 13.2 Å². The van der Waals surface area contributed by atoms with Crippen molar-refractivity contribution >= 4 is 0 Å². The Balaban J connectivity index is 2.65. The van der Waals surface area contributed by atoms with Gasteiger partial charge in [0.15, 0.2) is 0 Å². The summed E-state index contributed by atoms with van der Waals surface area (Å²) in [5, 5.41) is 11.4. The van der Waals surface area contributed by atoms with Crippen molar-refractivity contribution < 1.29 is 18.3 Å². The molecule has 16 heavy (non-hydrogen) atoms. The van der Waals surface area contributed by atoms with Crippen molar-refractivity contribution in [3.63, 3.8) is 0 Å². The Morgan fingerprint density at radius 1 is 1.19 bits per heavy atom. The first kappa shape index (κ1) is 13.0. The molecule has 0 fully saturated rings. The van der Waals surface area contributed by atoms with Crippen LogP contribution < -0.4 is 5.32 Å². The number of nitrogens with one attached hydrogen (secondary N) is 1. The minimum absolute atomic E-state index is 0.0356. The van der Waals surface area contributed by atoms with Gasteiger partial charge in [-0.1, -0.05) is 18.2 Å². The molecule has 0 bridgehead atoms. The van der Waals surface area contributed by atoms with Gasteiger partial charge < -0.3 is 10.4 Å². The lowest BCUT2D eigenvalue weighted by atomic mass is 10.1. The van der Waals surface area contributed by atoms with E-state index in [-0.39, 0.29) is 18.7 Å². The van der Waals surface area contributed by atoms with Crippen molar-refractivity contribution in [3.8, 4) is 0 Å². The van der Waals surface area contributed by atoms with Crippen LogP contribution in [-0.4, -0.2) is 18.3 Å². The highest BCUT2D eigenvalue weighted by atomic mass is 19.4. The zero-order valence-electron chi connectivity index (χ0n) is 8.72. The smallest absolute Gasteiger partial charge is 0.396 e. The second kappa shape index (κ2) is 5.86. The van der Waals surface area contributed by atoms with Gasteiger partial charge in [-0.25, -0.2) is 0 Å². The number of aliphatic hydroxyl groups is 1. The molecule has 1 aromatic rings. The lowest BCUT2D eigenvalue weighted by Crippen LogP contribution is -2.19. The van der Waals surface area contributed by atoms with Gasteiger partial charge in [0.05, 0.1) is 5.56 Å². The molecule has 1 aromatic carbocycles. The SMILES string of the molecule is OCCCNCc1ccccc1C(F)(F)F. The topological polar surface area (TPSA) is 32.3 Å². The molecule has 0 amide bonds. The van der Waals surface area contributed by atoms with E-state index >= 15 is 0 Å². The van der Waals surface area contributed by atoms with Crippen LogP contribution in [0.4, 0.5) is 13.2 Å². The molecule has 2 N–H and O–H groups in total. The Kier molecular flexibility index (Phi) is 4.76. The summed E-state index contributed by atoms with van der Waals surface area (Å²) in [4.78, 5) is 0. The minimum Gasteiger partial charge on any atom is -0.396 e. The van der Waals surface area contributed by atoms with Gasteiger partial charge in [-0.3, -0.25) is 0 Å². The first-order chi connectivity index (χ1) is 7.55. The van der Waals surface area contributed by atoms with Crippen molar-refractivity contribution in [1.82, 2.24) is 5.32 Å². The Hall–Kier alpha value is -1.07. The molecule has 2 nitrogen and oxygen atoms in total. The molecule has 0 aliphatic rings. The number of rotatable bonds is 5.